The lowest BCUT2D eigenvalue weighted by Gasteiger charge is -2.22. The number of nitrogens with zero attached hydrogens (tertiary/aromatic N) is 2. The molecule has 0 spiro atoms. The summed E-state index contributed by atoms with van der Waals surface area (Å²) in [6.45, 7) is 12.8. The summed E-state index contributed by atoms with van der Waals surface area (Å²) in [5.74, 6) is 0.638. The molecule has 20 heavy (non-hydrogen) atoms. The number of imidazole rings is 1. The topological polar surface area (TPSA) is 56.2 Å². The van der Waals surface area contributed by atoms with Crippen LogP contribution in [0.1, 0.15) is 59.7 Å². The maximum atomic E-state index is 11.8. The molecule has 0 aliphatic carbocycles. The highest BCUT2D eigenvalue weighted by molar-refractivity contribution is 5.68. The van der Waals surface area contributed by atoms with Gasteiger partial charge in [0.2, 0.25) is 0 Å². The van der Waals surface area contributed by atoms with Gasteiger partial charge in [0.1, 0.15) is 5.60 Å². The Labute approximate surface area is 121 Å². The minimum atomic E-state index is -0.484. The van der Waals surface area contributed by atoms with Crippen LogP contribution in [0.5, 0.6) is 0 Å². The lowest BCUT2D eigenvalue weighted by atomic mass is 10.1. The molecule has 0 aliphatic rings. The van der Waals surface area contributed by atoms with Crippen LogP contribution in [0.4, 0.5) is 4.79 Å². The Balaban J connectivity index is 2.61. The van der Waals surface area contributed by atoms with Crippen molar-refractivity contribution < 1.29 is 9.53 Å². The van der Waals surface area contributed by atoms with Gasteiger partial charge in [0.15, 0.2) is 0 Å². The van der Waals surface area contributed by atoms with Crippen LogP contribution in [-0.4, -0.2) is 21.2 Å². The third kappa shape index (κ3) is 5.63. The third-order valence-electron chi connectivity index (χ3n) is 2.87. The first-order valence-corrected chi connectivity index (χ1v) is 7.18. The van der Waals surface area contributed by atoms with Crippen LogP contribution < -0.4 is 5.32 Å². The monoisotopic (exact) mass is 281 g/mol. The molecule has 0 saturated heterocycles. The van der Waals surface area contributed by atoms with E-state index in [1.165, 1.54) is 0 Å². The van der Waals surface area contributed by atoms with Gasteiger partial charge in [-0.25, -0.2) is 9.78 Å². The van der Waals surface area contributed by atoms with E-state index in [1.807, 2.05) is 34.0 Å². The number of ether oxygens (including phenoxy) is 1. The minimum Gasteiger partial charge on any atom is -0.444 e. The van der Waals surface area contributed by atoms with Gasteiger partial charge < -0.3 is 14.6 Å². The van der Waals surface area contributed by atoms with Crippen LogP contribution >= 0.6 is 0 Å². The highest BCUT2D eigenvalue weighted by Crippen LogP contribution is 2.15. The molecule has 0 unspecified atom stereocenters. The van der Waals surface area contributed by atoms with E-state index in [1.54, 1.807) is 6.20 Å². The molecule has 114 valence electrons. The Morgan fingerprint density at radius 1 is 1.40 bits per heavy atom. The van der Waals surface area contributed by atoms with E-state index in [-0.39, 0.29) is 6.04 Å². The second-order valence-electron chi connectivity index (χ2n) is 6.56. The number of alkyl carbamates (subject to hydrolysis) is 1. The fraction of sp³-hybridized carbons (Fsp3) is 0.733. The predicted molar refractivity (Wildman–Crippen MR) is 79.5 cm³/mol. The lowest BCUT2D eigenvalue weighted by Crippen LogP contribution is -2.34. The second kappa shape index (κ2) is 6.77. The van der Waals surface area contributed by atoms with E-state index in [0.717, 1.165) is 18.7 Å². The van der Waals surface area contributed by atoms with Gasteiger partial charge in [-0.1, -0.05) is 13.8 Å². The number of aromatic nitrogens is 2. The van der Waals surface area contributed by atoms with E-state index >= 15 is 0 Å². The molecule has 1 aromatic rings. The van der Waals surface area contributed by atoms with Gasteiger partial charge in [-0.15, -0.1) is 0 Å². The normalized spacial score (nSPS) is 13.3. The number of rotatable bonds is 5. The number of aryl methyl sites for hydroxylation is 1. The van der Waals surface area contributed by atoms with Crippen LogP contribution in [0.25, 0.3) is 0 Å². The Kier molecular flexibility index (Phi) is 5.60. The molecule has 0 aromatic carbocycles. The molecule has 0 saturated carbocycles. The molecular formula is C15H27N3O2. The van der Waals surface area contributed by atoms with Crippen LogP contribution in [0.3, 0.4) is 0 Å². The molecule has 0 radical (unpaired) electrons. The molecule has 1 atom stereocenters. The van der Waals surface area contributed by atoms with E-state index in [2.05, 4.69) is 28.7 Å². The number of hydrogen-bond donors (Lipinski definition) is 1. The highest BCUT2D eigenvalue weighted by atomic mass is 16.6. The Morgan fingerprint density at radius 3 is 2.60 bits per heavy atom. The number of amides is 1. The van der Waals surface area contributed by atoms with Crippen molar-refractivity contribution in [1.29, 1.82) is 0 Å². The SMILES string of the molecule is CC(C)CCn1cncc1[C@@H](C)NC(=O)OC(C)(C)C. The first kappa shape index (κ1) is 16.5. The molecule has 1 amide bonds. The van der Waals surface area contributed by atoms with Crippen molar-refractivity contribution in [2.24, 2.45) is 5.92 Å². The minimum absolute atomic E-state index is 0.125. The van der Waals surface area contributed by atoms with Gasteiger partial charge in [0, 0.05) is 6.54 Å². The summed E-state index contributed by atoms with van der Waals surface area (Å²) in [5.41, 5.74) is 0.512. The van der Waals surface area contributed by atoms with E-state index < -0.39 is 11.7 Å². The third-order valence-corrected chi connectivity index (χ3v) is 2.87. The number of hydrogen-bond acceptors (Lipinski definition) is 3. The van der Waals surface area contributed by atoms with E-state index in [9.17, 15) is 4.79 Å². The quantitative estimate of drug-likeness (QED) is 0.898. The second-order valence-corrected chi connectivity index (χ2v) is 6.56. The van der Waals surface area contributed by atoms with Crippen molar-refractivity contribution in [3.8, 4) is 0 Å². The average molecular weight is 281 g/mol. The number of carbonyl (C=O) groups is 1. The Bertz CT molecular complexity index is 433. The van der Waals surface area contributed by atoms with Crippen molar-refractivity contribution in [1.82, 2.24) is 14.9 Å². The summed E-state index contributed by atoms with van der Waals surface area (Å²) in [5, 5.41) is 2.84. The van der Waals surface area contributed by atoms with Gasteiger partial charge in [-0.3, -0.25) is 0 Å². The zero-order valence-electron chi connectivity index (χ0n) is 13.4. The van der Waals surface area contributed by atoms with Crippen molar-refractivity contribution in [3.05, 3.63) is 18.2 Å². The summed E-state index contributed by atoms with van der Waals surface area (Å²) in [6.07, 6.45) is 4.29. The highest BCUT2D eigenvalue weighted by Gasteiger charge is 2.19. The van der Waals surface area contributed by atoms with Crippen molar-refractivity contribution in [2.45, 2.75) is 66.2 Å². The largest absolute Gasteiger partial charge is 0.444 e. The molecule has 5 nitrogen and oxygen atoms in total. The van der Waals surface area contributed by atoms with E-state index in [0.29, 0.717) is 5.92 Å². The van der Waals surface area contributed by atoms with Crippen LogP contribution in [0.15, 0.2) is 12.5 Å². The average Bonchev–Trinajstić information content (AvgIpc) is 2.71. The van der Waals surface area contributed by atoms with Gasteiger partial charge in [-0.05, 0) is 40.0 Å². The molecule has 1 rings (SSSR count). The number of nitrogens with one attached hydrogen (secondary N) is 1. The summed E-state index contributed by atoms with van der Waals surface area (Å²) in [7, 11) is 0. The van der Waals surface area contributed by atoms with Gasteiger partial charge in [-0.2, -0.15) is 0 Å². The Hall–Kier alpha value is -1.52. The fourth-order valence-corrected chi connectivity index (χ4v) is 1.83. The van der Waals surface area contributed by atoms with Gasteiger partial charge >= 0.3 is 6.09 Å². The molecule has 0 fully saturated rings. The molecule has 1 aromatic heterocycles. The predicted octanol–water partition coefficient (Wildman–Crippen LogP) is 3.51. The first-order chi connectivity index (χ1) is 9.19. The first-order valence-electron chi connectivity index (χ1n) is 7.18. The maximum absolute atomic E-state index is 11.8. The zero-order chi connectivity index (χ0) is 15.3. The molecule has 5 heteroatoms. The lowest BCUT2D eigenvalue weighted by molar-refractivity contribution is 0.0506. The molecule has 1 N–H and O–H groups in total. The van der Waals surface area contributed by atoms with Crippen LogP contribution in [0.2, 0.25) is 0 Å². The summed E-state index contributed by atoms with van der Waals surface area (Å²) >= 11 is 0. The van der Waals surface area contributed by atoms with E-state index in [4.69, 9.17) is 4.74 Å². The van der Waals surface area contributed by atoms with Gasteiger partial charge in [0.25, 0.3) is 0 Å². The van der Waals surface area contributed by atoms with Crippen LogP contribution in [0, 0.1) is 5.92 Å². The van der Waals surface area contributed by atoms with Gasteiger partial charge in [0.05, 0.1) is 24.3 Å². The molecule has 1 heterocycles. The Morgan fingerprint density at radius 2 is 2.05 bits per heavy atom. The molecule has 0 bridgehead atoms. The van der Waals surface area contributed by atoms with Crippen molar-refractivity contribution in [3.63, 3.8) is 0 Å². The summed E-state index contributed by atoms with van der Waals surface area (Å²) in [6, 6.07) is -0.125. The zero-order valence-corrected chi connectivity index (χ0v) is 13.4. The molecule has 0 aliphatic heterocycles. The fourth-order valence-electron chi connectivity index (χ4n) is 1.83. The van der Waals surface area contributed by atoms with Crippen molar-refractivity contribution in [2.75, 3.05) is 0 Å². The maximum Gasteiger partial charge on any atom is 0.408 e. The summed E-state index contributed by atoms with van der Waals surface area (Å²) in [4.78, 5) is 16.0. The standard InChI is InChI=1S/C15H27N3O2/c1-11(2)7-8-18-10-16-9-13(18)12(3)17-14(19)20-15(4,5)6/h9-12H,7-8H2,1-6H3,(H,17,19)/t12-/m1/s1. The smallest absolute Gasteiger partial charge is 0.408 e. The van der Waals surface area contributed by atoms with Crippen LogP contribution in [-0.2, 0) is 11.3 Å². The summed E-state index contributed by atoms with van der Waals surface area (Å²) < 4.78 is 7.35. The molecular weight excluding hydrogens is 254 g/mol. The van der Waals surface area contributed by atoms with Crippen molar-refractivity contribution >= 4 is 6.09 Å². The number of carbonyl (C=O) groups excluding carboxylic acids is 1.